The molecule has 1 aromatic carbocycles. The van der Waals surface area contributed by atoms with E-state index < -0.39 is 10.0 Å². The van der Waals surface area contributed by atoms with Crippen LogP contribution in [0.1, 0.15) is 49.4 Å². The number of nitrogens with zero attached hydrogens (tertiary/aromatic N) is 1. The Hall–Kier alpha value is -1.56. The molecule has 1 saturated heterocycles. The lowest BCUT2D eigenvalue weighted by Gasteiger charge is -2.27. The summed E-state index contributed by atoms with van der Waals surface area (Å²) in [6.07, 6.45) is 5.06. The number of nitrogens with one attached hydrogen (secondary N) is 1. The van der Waals surface area contributed by atoms with E-state index in [4.69, 9.17) is 0 Å². The average Bonchev–Trinajstić information content (AvgIpc) is 2.89. The molecule has 1 N–H and O–H groups in total. The van der Waals surface area contributed by atoms with E-state index in [0.29, 0.717) is 24.2 Å². The van der Waals surface area contributed by atoms with Gasteiger partial charge >= 0.3 is 0 Å². The van der Waals surface area contributed by atoms with Gasteiger partial charge in [0.05, 0.1) is 11.4 Å². The highest BCUT2D eigenvalue weighted by Gasteiger charge is 2.28. The Kier molecular flexibility index (Phi) is 4.62. The molecule has 1 aromatic rings. The largest absolute Gasteiger partial charge is 0.349 e. The van der Waals surface area contributed by atoms with Crippen molar-refractivity contribution < 1.29 is 13.2 Å². The molecule has 6 heteroatoms. The van der Waals surface area contributed by atoms with Gasteiger partial charge in [-0.15, -0.1) is 0 Å². The van der Waals surface area contributed by atoms with Crippen LogP contribution >= 0.6 is 0 Å². The molecule has 0 spiro atoms. The van der Waals surface area contributed by atoms with Gasteiger partial charge < -0.3 is 5.32 Å². The molecule has 1 aliphatic heterocycles. The normalized spacial score (nSPS) is 26.9. The molecule has 2 aliphatic rings. The van der Waals surface area contributed by atoms with Crippen LogP contribution in [0, 0.1) is 5.92 Å². The fourth-order valence-electron chi connectivity index (χ4n) is 3.38. The minimum absolute atomic E-state index is 0.0691. The molecule has 23 heavy (non-hydrogen) atoms. The van der Waals surface area contributed by atoms with E-state index in [0.717, 1.165) is 31.6 Å². The van der Waals surface area contributed by atoms with E-state index in [2.05, 4.69) is 12.2 Å². The molecule has 0 unspecified atom stereocenters. The Balaban J connectivity index is 1.64. The predicted octanol–water partition coefficient (Wildman–Crippen LogP) is 2.54. The van der Waals surface area contributed by atoms with Crippen LogP contribution in [0.5, 0.6) is 0 Å². The van der Waals surface area contributed by atoms with Crippen LogP contribution in [0.15, 0.2) is 24.3 Å². The monoisotopic (exact) mass is 336 g/mol. The molecule has 2 fully saturated rings. The number of hydrogen-bond acceptors (Lipinski definition) is 3. The van der Waals surface area contributed by atoms with Gasteiger partial charge in [0.25, 0.3) is 5.91 Å². The number of benzene rings is 1. The van der Waals surface area contributed by atoms with Crippen LogP contribution in [0.2, 0.25) is 0 Å². The molecular weight excluding hydrogens is 312 g/mol. The summed E-state index contributed by atoms with van der Waals surface area (Å²) in [5, 5.41) is 3.09. The van der Waals surface area contributed by atoms with E-state index in [1.165, 1.54) is 4.31 Å². The third-order valence-corrected chi connectivity index (χ3v) is 6.74. The second kappa shape index (κ2) is 6.51. The number of anilines is 1. The van der Waals surface area contributed by atoms with E-state index in [-0.39, 0.29) is 17.7 Å². The maximum absolute atomic E-state index is 12.3. The lowest BCUT2D eigenvalue weighted by atomic mass is 9.87. The summed E-state index contributed by atoms with van der Waals surface area (Å²) in [5.41, 5.74) is 1.23. The van der Waals surface area contributed by atoms with Gasteiger partial charge in [0.1, 0.15) is 0 Å². The second-order valence-electron chi connectivity index (χ2n) is 6.72. The average molecular weight is 336 g/mol. The predicted molar refractivity (Wildman–Crippen MR) is 91.1 cm³/mol. The van der Waals surface area contributed by atoms with Gasteiger partial charge in [0, 0.05) is 18.2 Å². The van der Waals surface area contributed by atoms with Crippen molar-refractivity contribution in [3.05, 3.63) is 29.8 Å². The zero-order valence-electron chi connectivity index (χ0n) is 13.5. The topological polar surface area (TPSA) is 66.5 Å². The first-order valence-electron chi connectivity index (χ1n) is 8.37. The highest BCUT2D eigenvalue weighted by molar-refractivity contribution is 7.93. The zero-order valence-corrected chi connectivity index (χ0v) is 14.3. The quantitative estimate of drug-likeness (QED) is 0.922. The van der Waals surface area contributed by atoms with E-state index >= 15 is 0 Å². The summed E-state index contributed by atoms with van der Waals surface area (Å²) in [4.78, 5) is 12.3. The SMILES string of the molecule is CC1CCC(NC(=O)c2ccc(N3CCCS3(=O)=O)cc2)CC1. The Bertz CT molecular complexity index is 662. The van der Waals surface area contributed by atoms with Crippen molar-refractivity contribution in [1.82, 2.24) is 5.32 Å². The van der Waals surface area contributed by atoms with Crippen LogP contribution in [-0.4, -0.2) is 32.7 Å². The lowest BCUT2D eigenvalue weighted by Crippen LogP contribution is -2.37. The molecule has 0 radical (unpaired) electrons. The summed E-state index contributed by atoms with van der Waals surface area (Å²) < 4.78 is 25.3. The lowest BCUT2D eigenvalue weighted by molar-refractivity contribution is 0.0923. The second-order valence-corrected chi connectivity index (χ2v) is 8.73. The Morgan fingerprint density at radius 1 is 1.13 bits per heavy atom. The molecule has 3 rings (SSSR count). The zero-order chi connectivity index (χ0) is 16.4. The fourth-order valence-corrected chi connectivity index (χ4v) is 4.95. The van der Waals surface area contributed by atoms with Crippen molar-refractivity contribution in [2.24, 2.45) is 5.92 Å². The van der Waals surface area contributed by atoms with Crippen molar-refractivity contribution in [2.75, 3.05) is 16.6 Å². The molecule has 1 amide bonds. The summed E-state index contributed by atoms with van der Waals surface area (Å²) >= 11 is 0. The van der Waals surface area contributed by atoms with Crippen molar-refractivity contribution in [3.8, 4) is 0 Å². The van der Waals surface area contributed by atoms with Crippen molar-refractivity contribution in [1.29, 1.82) is 0 Å². The number of hydrogen-bond donors (Lipinski definition) is 1. The number of amides is 1. The van der Waals surface area contributed by atoms with Crippen LogP contribution in [-0.2, 0) is 10.0 Å². The van der Waals surface area contributed by atoms with E-state index in [1.54, 1.807) is 24.3 Å². The minimum atomic E-state index is -3.17. The molecule has 0 aromatic heterocycles. The van der Waals surface area contributed by atoms with Gasteiger partial charge in [-0.1, -0.05) is 6.92 Å². The smallest absolute Gasteiger partial charge is 0.251 e. The third-order valence-electron chi connectivity index (χ3n) is 4.87. The van der Waals surface area contributed by atoms with Crippen LogP contribution in [0.25, 0.3) is 0 Å². The van der Waals surface area contributed by atoms with Gasteiger partial charge in [-0.3, -0.25) is 9.10 Å². The van der Waals surface area contributed by atoms with Gasteiger partial charge in [-0.25, -0.2) is 8.42 Å². The van der Waals surface area contributed by atoms with E-state index in [9.17, 15) is 13.2 Å². The first-order chi connectivity index (χ1) is 11.0. The minimum Gasteiger partial charge on any atom is -0.349 e. The van der Waals surface area contributed by atoms with Crippen molar-refractivity contribution in [2.45, 2.75) is 45.1 Å². The first kappa shape index (κ1) is 16.3. The standard InChI is InChI=1S/C17H24N2O3S/c1-13-3-7-15(8-4-13)18-17(20)14-5-9-16(10-6-14)19-11-2-12-23(19,21)22/h5-6,9-10,13,15H,2-4,7-8,11-12H2,1H3,(H,18,20). The van der Waals surface area contributed by atoms with Crippen molar-refractivity contribution in [3.63, 3.8) is 0 Å². The maximum atomic E-state index is 12.3. The Morgan fingerprint density at radius 3 is 2.35 bits per heavy atom. The molecule has 5 nitrogen and oxygen atoms in total. The molecule has 1 saturated carbocycles. The first-order valence-corrected chi connectivity index (χ1v) is 9.98. The summed E-state index contributed by atoms with van der Waals surface area (Å²) in [6.45, 7) is 2.78. The van der Waals surface area contributed by atoms with Crippen LogP contribution in [0.3, 0.4) is 0 Å². The van der Waals surface area contributed by atoms with Crippen LogP contribution < -0.4 is 9.62 Å². The van der Waals surface area contributed by atoms with Gasteiger partial charge in [-0.05, 0) is 62.3 Å². The molecule has 1 aliphatic carbocycles. The van der Waals surface area contributed by atoms with Gasteiger partial charge in [-0.2, -0.15) is 0 Å². The summed E-state index contributed by atoms with van der Waals surface area (Å²) in [7, 11) is -3.17. The number of sulfonamides is 1. The van der Waals surface area contributed by atoms with Gasteiger partial charge in [0.15, 0.2) is 0 Å². The molecule has 126 valence electrons. The Morgan fingerprint density at radius 2 is 1.78 bits per heavy atom. The maximum Gasteiger partial charge on any atom is 0.251 e. The highest BCUT2D eigenvalue weighted by atomic mass is 32.2. The number of carbonyl (C=O) groups is 1. The van der Waals surface area contributed by atoms with Gasteiger partial charge in [0.2, 0.25) is 10.0 Å². The molecular formula is C17H24N2O3S. The summed E-state index contributed by atoms with van der Waals surface area (Å²) in [6, 6.07) is 7.13. The Labute approximate surface area is 138 Å². The summed E-state index contributed by atoms with van der Waals surface area (Å²) in [5.74, 6) is 0.889. The highest BCUT2D eigenvalue weighted by Crippen LogP contribution is 2.25. The van der Waals surface area contributed by atoms with Crippen LogP contribution in [0.4, 0.5) is 5.69 Å². The molecule has 0 bridgehead atoms. The third kappa shape index (κ3) is 3.68. The van der Waals surface area contributed by atoms with E-state index in [1.807, 2.05) is 0 Å². The van der Waals surface area contributed by atoms with Crippen molar-refractivity contribution >= 4 is 21.6 Å². The number of carbonyl (C=O) groups excluding carboxylic acids is 1. The fraction of sp³-hybridized carbons (Fsp3) is 0.588. The molecule has 0 atom stereocenters. The molecule has 1 heterocycles. The number of rotatable bonds is 3.